The maximum atomic E-state index is 11.2. The Morgan fingerprint density at radius 1 is 1.53 bits per heavy atom. The molecule has 1 rings (SSSR count). The normalized spacial score (nSPS) is 9.94. The van der Waals surface area contributed by atoms with Gasteiger partial charge < -0.3 is 10.1 Å². The number of hydrogen-bond donors (Lipinski definition) is 1. The SMILES string of the molecule is CCOCC(=O)NCc1cccc([N+](=O)[O-])c1. The Morgan fingerprint density at radius 3 is 2.94 bits per heavy atom. The molecule has 0 heterocycles. The third-order valence-electron chi connectivity index (χ3n) is 2.05. The first-order valence-electron chi connectivity index (χ1n) is 5.21. The Labute approximate surface area is 98.7 Å². The van der Waals surface area contributed by atoms with Crippen molar-refractivity contribution < 1.29 is 14.5 Å². The highest BCUT2D eigenvalue weighted by Gasteiger charge is 2.06. The molecule has 0 saturated heterocycles. The molecule has 1 aromatic rings. The molecule has 0 fully saturated rings. The highest BCUT2D eigenvalue weighted by Crippen LogP contribution is 2.12. The lowest BCUT2D eigenvalue weighted by Crippen LogP contribution is -2.27. The first-order chi connectivity index (χ1) is 8.13. The minimum absolute atomic E-state index is 0.00538. The van der Waals surface area contributed by atoms with Crippen molar-refractivity contribution in [3.8, 4) is 0 Å². The smallest absolute Gasteiger partial charge is 0.269 e. The molecule has 92 valence electrons. The largest absolute Gasteiger partial charge is 0.372 e. The number of hydrogen-bond acceptors (Lipinski definition) is 4. The van der Waals surface area contributed by atoms with Crippen molar-refractivity contribution in [2.75, 3.05) is 13.2 Å². The van der Waals surface area contributed by atoms with E-state index in [0.717, 1.165) is 0 Å². The summed E-state index contributed by atoms with van der Waals surface area (Å²) in [5, 5.41) is 13.1. The molecule has 1 aromatic carbocycles. The number of rotatable bonds is 6. The van der Waals surface area contributed by atoms with Crippen molar-refractivity contribution in [3.05, 3.63) is 39.9 Å². The summed E-state index contributed by atoms with van der Waals surface area (Å²) in [6.07, 6.45) is 0. The van der Waals surface area contributed by atoms with Gasteiger partial charge in [0.05, 0.1) is 4.92 Å². The number of carbonyl (C=O) groups is 1. The standard InChI is InChI=1S/C11H14N2O4/c1-2-17-8-11(14)12-7-9-4-3-5-10(6-9)13(15)16/h3-6H,2,7-8H2,1H3,(H,12,14). The number of benzene rings is 1. The van der Waals surface area contributed by atoms with Gasteiger partial charge in [0, 0.05) is 25.3 Å². The Kier molecular flexibility index (Phi) is 5.09. The fourth-order valence-corrected chi connectivity index (χ4v) is 1.23. The minimum atomic E-state index is -0.467. The van der Waals surface area contributed by atoms with Gasteiger partial charge in [-0.2, -0.15) is 0 Å². The predicted molar refractivity (Wildman–Crippen MR) is 61.4 cm³/mol. The Bertz CT molecular complexity index is 406. The zero-order valence-electron chi connectivity index (χ0n) is 9.51. The topological polar surface area (TPSA) is 81.5 Å². The van der Waals surface area contributed by atoms with E-state index in [9.17, 15) is 14.9 Å². The molecule has 6 heteroatoms. The van der Waals surface area contributed by atoms with Gasteiger partial charge in [0.25, 0.3) is 5.69 Å². The molecule has 0 aliphatic heterocycles. The molecule has 17 heavy (non-hydrogen) atoms. The molecule has 0 bridgehead atoms. The third-order valence-corrected chi connectivity index (χ3v) is 2.05. The summed E-state index contributed by atoms with van der Waals surface area (Å²) >= 11 is 0. The summed E-state index contributed by atoms with van der Waals surface area (Å²) in [6.45, 7) is 2.54. The van der Waals surface area contributed by atoms with Crippen LogP contribution in [0.2, 0.25) is 0 Å². The first-order valence-corrected chi connectivity index (χ1v) is 5.21. The summed E-state index contributed by atoms with van der Waals surface area (Å²) < 4.78 is 4.93. The van der Waals surface area contributed by atoms with Crippen LogP contribution in [0, 0.1) is 10.1 Å². The van der Waals surface area contributed by atoms with Crippen LogP contribution in [0.5, 0.6) is 0 Å². The fourth-order valence-electron chi connectivity index (χ4n) is 1.23. The van der Waals surface area contributed by atoms with Crippen LogP contribution in [0.4, 0.5) is 5.69 Å². The van der Waals surface area contributed by atoms with Crippen LogP contribution in [0.3, 0.4) is 0 Å². The summed E-state index contributed by atoms with van der Waals surface area (Å²) in [7, 11) is 0. The number of carbonyl (C=O) groups excluding carboxylic acids is 1. The van der Waals surface area contributed by atoms with Gasteiger partial charge >= 0.3 is 0 Å². The van der Waals surface area contributed by atoms with Gasteiger partial charge in [0.2, 0.25) is 5.91 Å². The molecular formula is C11H14N2O4. The number of ether oxygens (including phenoxy) is 1. The Hall–Kier alpha value is -1.95. The lowest BCUT2D eigenvalue weighted by atomic mass is 10.2. The van der Waals surface area contributed by atoms with E-state index >= 15 is 0 Å². The van der Waals surface area contributed by atoms with Crippen LogP contribution in [-0.4, -0.2) is 24.0 Å². The van der Waals surface area contributed by atoms with Crippen molar-refractivity contribution in [3.63, 3.8) is 0 Å². The highest BCUT2D eigenvalue weighted by molar-refractivity contribution is 5.77. The predicted octanol–water partition coefficient (Wildman–Crippen LogP) is 1.25. The number of amides is 1. The van der Waals surface area contributed by atoms with E-state index in [4.69, 9.17) is 4.74 Å². The second kappa shape index (κ2) is 6.59. The van der Waals surface area contributed by atoms with Gasteiger partial charge in [-0.3, -0.25) is 14.9 Å². The fraction of sp³-hybridized carbons (Fsp3) is 0.364. The van der Waals surface area contributed by atoms with Gasteiger partial charge in [-0.1, -0.05) is 12.1 Å². The molecule has 0 aliphatic carbocycles. The number of nitro groups is 1. The summed E-state index contributed by atoms with van der Waals surface area (Å²) in [4.78, 5) is 21.3. The van der Waals surface area contributed by atoms with Crippen LogP contribution in [-0.2, 0) is 16.1 Å². The number of nitro benzene ring substituents is 1. The van der Waals surface area contributed by atoms with Crippen molar-refractivity contribution >= 4 is 11.6 Å². The van der Waals surface area contributed by atoms with E-state index in [0.29, 0.717) is 12.2 Å². The van der Waals surface area contributed by atoms with Gasteiger partial charge in [-0.15, -0.1) is 0 Å². The van der Waals surface area contributed by atoms with Crippen LogP contribution < -0.4 is 5.32 Å². The molecule has 0 aromatic heterocycles. The molecule has 0 aliphatic rings. The third kappa shape index (κ3) is 4.60. The zero-order chi connectivity index (χ0) is 12.7. The average Bonchev–Trinajstić information content (AvgIpc) is 2.34. The van der Waals surface area contributed by atoms with Crippen LogP contribution in [0.15, 0.2) is 24.3 Å². The van der Waals surface area contributed by atoms with Crippen LogP contribution >= 0.6 is 0 Å². The second-order valence-electron chi connectivity index (χ2n) is 3.34. The molecule has 0 spiro atoms. The number of non-ortho nitro benzene ring substituents is 1. The summed E-state index contributed by atoms with van der Waals surface area (Å²) in [5.41, 5.74) is 0.700. The summed E-state index contributed by atoms with van der Waals surface area (Å²) in [6, 6.07) is 6.14. The zero-order valence-corrected chi connectivity index (χ0v) is 9.51. The van der Waals surface area contributed by atoms with Crippen molar-refractivity contribution in [2.45, 2.75) is 13.5 Å². The van der Waals surface area contributed by atoms with Gasteiger partial charge in [-0.05, 0) is 12.5 Å². The highest BCUT2D eigenvalue weighted by atomic mass is 16.6. The molecule has 0 radical (unpaired) electrons. The van der Waals surface area contributed by atoms with Gasteiger partial charge in [0.1, 0.15) is 6.61 Å². The van der Waals surface area contributed by atoms with Gasteiger partial charge in [0.15, 0.2) is 0 Å². The van der Waals surface area contributed by atoms with Crippen molar-refractivity contribution in [2.24, 2.45) is 0 Å². The first kappa shape index (κ1) is 13.1. The maximum absolute atomic E-state index is 11.2. The van der Waals surface area contributed by atoms with Crippen LogP contribution in [0.1, 0.15) is 12.5 Å². The summed E-state index contributed by atoms with van der Waals surface area (Å²) in [5.74, 6) is -0.238. The Morgan fingerprint density at radius 2 is 2.29 bits per heavy atom. The van der Waals surface area contributed by atoms with Gasteiger partial charge in [-0.25, -0.2) is 0 Å². The average molecular weight is 238 g/mol. The molecule has 6 nitrogen and oxygen atoms in total. The van der Waals surface area contributed by atoms with E-state index in [1.165, 1.54) is 12.1 Å². The van der Waals surface area contributed by atoms with Crippen molar-refractivity contribution in [1.29, 1.82) is 0 Å². The molecule has 1 amide bonds. The number of nitrogens with zero attached hydrogens (tertiary/aromatic N) is 1. The quantitative estimate of drug-likeness (QED) is 0.597. The minimum Gasteiger partial charge on any atom is -0.372 e. The second-order valence-corrected chi connectivity index (χ2v) is 3.34. The lowest BCUT2D eigenvalue weighted by molar-refractivity contribution is -0.384. The maximum Gasteiger partial charge on any atom is 0.269 e. The molecular weight excluding hydrogens is 224 g/mol. The molecule has 0 atom stereocenters. The lowest BCUT2D eigenvalue weighted by Gasteiger charge is -2.05. The van der Waals surface area contributed by atoms with Crippen molar-refractivity contribution in [1.82, 2.24) is 5.32 Å². The Balaban J connectivity index is 2.49. The van der Waals surface area contributed by atoms with E-state index in [-0.39, 0.29) is 24.7 Å². The van der Waals surface area contributed by atoms with E-state index < -0.39 is 4.92 Å². The molecule has 0 unspecified atom stereocenters. The van der Waals surface area contributed by atoms with E-state index in [1.54, 1.807) is 19.1 Å². The number of nitrogens with one attached hydrogen (secondary N) is 1. The van der Waals surface area contributed by atoms with Crippen LogP contribution in [0.25, 0.3) is 0 Å². The van der Waals surface area contributed by atoms with E-state index in [2.05, 4.69) is 5.32 Å². The monoisotopic (exact) mass is 238 g/mol. The van der Waals surface area contributed by atoms with E-state index in [1.807, 2.05) is 0 Å². The molecule has 1 N–H and O–H groups in total. The molecule has 0 saturated carbocycles.